The largest absolute Gasteiger partial charge is 0.503 e. The smallest absolute Gasteiger partial charge is 0.290 e. The number of hydrogen-bond donors (Lipinski definition) is 2. The average Bonchev–Trinajstić information content (AvgIpc) is 3.36. The van der Waals surface area contributed by atoms with E-state index in [0.29, 0.717) is 11.4 Å². The number of aliphatic hydroxyl groups is 1. The maximum absolute atomic E-state index is 13.2. The molecule has 1 fully saturated rings. The molecule has 0 unspecified atom stereocenters. The van der Waals surface area contributed by atoms with Crippen LogP contribution >= 0.6 is 11.3 Å². The molecule has 152 valence electrons. The molecule has 29 heavy (non-hydrogen) atoms. The number of benzene rings is 1. The Bertz CT molecular complexity index is 915. The number of thiophene rings is 1. The van der Waals surface area contributed by atoms with Gasteiger partial charge in [0.2, 0.25) is 5.78 Å². The number of nitrogens with one attached hydrogen (secondary N) is 1. The Morgan fingerprint density at radius 2 is 1.97 bits per heavy atom. The number of aliphatic hydroxyl groups excluding tert-OH is 1. The van der Waals surface area contributed by atoms with Gasteiger partial charge in [0.25, 0.3) is 5.91 Å². The summed E-state index contributed by atoms with van der Waals surface area (Å²) < 4.78 is 5.41. The molecule has 1 amide bonds. The number of Topliss-reactive ketones (excluding diaryl/α,β-unsaturated/α-hetero) is 1. The lowest BCUT2D eigenvalue weighted by Gasteiger charge is -2.30. The van der Waals surface area contributed by atoms with Gasteiger partial charge in [-0.05, 0) is 23.9 Å². The molecule has 2 aliphatic rings. The number of aryl methyl sites for hydroxylation is 1. The summed E-state index contributed by atoms with van der Waals surface area (Å²) in [5.74, 6) is -1.17. The molecule has 0 bridgehead atoms. The van der Waals surface area contributed by atoms with E-state index in [-0.39, 0.29) is 11.4 Å². The lowest BCUT2D eigenvalue weighted by Crippen LogP contribution is -3.14. The minimum absolute atomic E-state index is 0.179. The molecular formula is C22H25N2O4S+. The van der Waals surface area contributed by atoms with Crippen molar-refractivity contribution >= 4 is 23.0 Å². The first-order valence-corrected chi connectivity index (χ1v) is 10.7. The van der Waals surface area contributed by atoms with Crippen LogP contribution in [0.5, 0.6) is 0 Å². The van der Waals surface area contributed by atoms with Gasteiger partial charge in [-0.1, -0.05) is 35.9 Å². The third kappa shape index (κ3) is 3.99. The summed E-state index contributed by atoms with van der Waals surface area (Å²) in [7, 11) is 0. The zero-order valence-electron chi connectivity index (χ0n) is 16.4. The van der Waals surface area contributed by atoms with Crippen LogP contribution < -0.4 is 4.90 Å². The fourth-order valence-corrected chi connectivity index (χ4v) is 4.62. The van der Waals surface area contributed by atoms with Crippen molar-refractivity contribution < 1.29 is 24.3 Å². The molecule has 0 saturated carbocycles. The molecule has 6 nitrogen and oxygen atoms in total. The number of morpholine rings is 1. The predicted octanol–water partition coefficient (Wildman–Crippen LogP) is 1.55. The normalized spacial score (nSPS) is 20.5. The van der Waals surface area contributed by atoms with Crippen LogP contribution in [0.3, 0.4) is 0 Å². The molecule has 1 saturated heterocycles. The average molecular weight is 414 g/mol. The number of carbonyl (C=O) groups excluding carboxylic acids is 2. The molecule has 3 heterocycles. The van der Waals surface area contributed by atoms with Crippen molar-refractivity contribution in [2.75, 3.05) is 39.4 Å². The van der Waals surface area contributed by atoms with E-state index in [2.05, 4.69) is 0 Å². The van der Waals surface area contributed by atoms with E-state index in [4.69, 9.17) is 4.74 Å². The van der Waals surface area contributed by atoms with Gasteiger partial charge in [0.05, 0.1) is 42.8 Å². The van der Waals surface area contributed by atoms with Crippen molar-refractivity contribution in [2.24, 2.45) is 0 Å². The van der Waals surface area contributed by atoms with E-state index in [0.717, 1.165) is 44.0 Å². The summed E-state index contributed by atoms with van der Waals surface area (Å²) in [5, 5.41) is 12.5. The zero-order chi connectivity index (χ0) is 20.4. The number of amides is 1. The fraction of sp³-hybridized carbons (Fsp3) is 0.364. The molecule has 1 aromatic heterocycles. The van der Waals surface area contributed by atoms with Crippen LogP contribution in [0, 0.1) is 6.92 Å². The van der Waals surface area contributed by atoms with Crippen LogP contribution in [0.1, 0.15) is 26.8 Å². The monoisotopic (exact) mass is 413 g/mol. The summed E-state index contributed by atoms with van der Waals surface area (Å²) in [6.45, 7) is 6.46. The second-order valence-electron chi connectivity index (χ2n) is 7.49. The van der Waals surface area contributed by atoms with Crippen LogP contribution in [0.25, 0.3) is 0 Å². The number of ketones is 1. The number of rotatable bonds is 6. The van der Waals surface area contributed by atoms with E-state index >= 15 is 0 Å². The Morgan fingerprint density at radius 1 is 1.24 bits per heavy atom. The van der Waals surface area contributed by atoms with E-state index in [1.165, 1.54) is 16.2 Å². The first kappa shape index (κ1) is 19.8. The van der Waals surface area contributed by atoms with Crippen molar-refractivity contribution in [2.45, 2.75) is 13.0 Å². The number of hydrogen-bond acceptors (Lipinski definition) is 5. The molecule has 7 heteroatoms. The lowest BCUT2D eigenvalue weighted by atomic mass is 9.95. The maximum Gasteiger partial charge on any atom is 0.290 e. The van der Waals surface area contributed by atoms with Crippen LogP contribution in [0.4, 0.5) is 0 Å². The van der Waals surface area contributed by atoms with E-state index < -0.39 is 17.7 Å². The Kier molecular flexibility index (Phi) is 5.80. The van der Waals surface area contributed by atoms with Crippen molar-refractivity contribution in [1.82, 2.24) is 4.90 Å². The molecule has 2 N–H and O–H groups in total. The zero-order valence-corrected chi connectivity index (χ0v) is 17.2. The Hall–Kier alpha value is -2.48. The molecule has 2 aromatic rings. The van der Waals surface area contributed by atoms with Gasteiger partial charge in [0.15, 0.2) is 5.76 Å². The second-order valence-corrected chi connectivity index (χ2v) is 8.44. The van der Waals surface area contributed by atoms with Gasteiger partial charge >= 0.3 is 0 Å². The molecular weight excluding hydrogens is 388 g/mol. The predicted molar refractivity (Wildman–Crippen MR) is 110 cm³/mol. The standard InChI is InChI=1S/C22H24N2O4S/c1-15-4-6-16(7-5-15)19-18(20(25)17-3-2-14-29-17)21(26)22(27)24(19)9-8-23-10-12-28-13-11-23/h2-7,14,19,26H,8-13H2,1H3/p+1/t19-/m1/s1. The summed E-state index contributed by atoms with van der Waals surface area (Å²) in [6.07, 6.45) is 0. The van der Waals surface area contributed by atoms with Gasteiger partial charge in [-0.3, -0.25) is 9.59 Å². The van der Waals surface area contributed by atoms with Gasteiger partial charge in [0.1, 0.15) is 13.1 Å². The van der Waals surface area contributed by atoms with Crippen LogP contribution in [-0.4, -0.2) is 61.1 Å². The highest BCUT2D eigenvalue weighted by molar-refractivity contribution is 7.12. The molecule has 0 spiro atoms. The quantitative estimate of drug-likeness (QED) is 0.705. The summed E-state index contributed by atoms with van der Waals surface area (Å²) in [5.41, 5.74) is 2.12. The first-order chi connectivity index (χ1) is 14.1. The first-order valence-electron chi connectivity index (χ1n) is 9.86. The highest BCUT2D eigenvalue weighted by Crippen LogP contribution is 2.39. The van der Waals surface area contributed by atoms with Gasteiger partial charge in [-0.15, -0.1) is 11.3 Å². The SMILES string of the molecule is Cc1ccc([C@@H]2C(C(=O)c3cccs3)=C(O)C(=O)N2CC[NH+]2CCOCC2)cc1. The van der Waals surface area contributed by atoms with Crippen LogP contribution in [0.2, 0.25) is 0 Å². The maximum atomic E-state index is 13.2. The summed E-state index contributed by atoms with van der Waals surface area (Å²) >= 11 is 1.32. The Morgan fingerprint density at radius 3 is 2.62 bits per heavy atom. The third-order valence-corrected chi connectivity index (χ3v) is 6.46. The second kappa shape index (κ2) is 8.49. The van der Waals surface area contributed by atoms with E-state index in [1.54, 1.807) is 17.0 Å². The summed E-state index contributed by atoms with van der Waals surface area (Å²) in [4.78, 5) is 29.6. The molecule has 0 aliphatic carbocycles. The Labute approximate surface area is 174 Å². The van der Waals surface area contributed by atoms with Gasteiger partial charge < -0.3 is 19.6 Å². The molecule has 4 rings (SSSR count). The molecule has 0 radical (unpaired) electrons. The topological polar surface area (TPSA) is 71.3 Å². The third-order valence-electron chi connectivity index (χ3n) is 5.59. The van der Waals surface area contributed by atoms with Crippen LogP contribution in [-0.2, 0) is 9.53 Å². The van der Waals surface area contributed by atoms with Crippen molar-refractivity contribution in [3.05, 3.63) is 69.1 Å². The highest BCUT2D eigenvalue weighted by atomic mass is 32.1. The van der Waals surface area contributed by atoms with Crippen molar-refractivity contribution in [3.8, 4) is 0 Å². The van der Waals surface area contributed by atoms with Crippen molar-refractivity contribution in [1.29, 1.82) is 0 Å². The van der Waals surface area contributed by atoms with E-state index in [9.17, 15) is 14.7 Å². The minimum atomic E-state index is -0.571. The minimum Gasteiger partial charge on any atom is -0.503 e. The number of ether oxygens (including phenoxy) is 1. The summed E-state index contributed by atoms with van der Waals surface area (Å²) in [6, 6.07) is 10.8. The van der Waals surface area contributed by atoms with Crippen molar-refractivity contribution in [3.63, 3.8) is 0 Å². The van der Waals surface area contributed by atoms with E-state index in [1.807, 2.05) is 36.6 Å². The van der Waals surface area contributed by atoms with Gasteiger partial charge in [0, 0.05) is 0 Å². The number of carbonyl (C=O) groups is 2. The van der Waals surface area contributed by atoms with Gasteiger partial charge in [-0.2, -0.15) is 0 Å². The number of nitrogens with zero attached hydrogens (tertiary/aromatic N) is 1. The highest BCUT2D eigenvalue weighted by Gasteiger charge is 2.44. The fourth-order valence-electron chi connectivity index (χ4n) is 3.94. The number of quaternary nitrogens is 1. The Balaban J connectivity index is 1.66. The van der Waals surface area contributed by atoms with Crippen LogP contribution in [0.15, 0.2) is 53.1 Å². The lowest BCUT2D eigenvalue weighted by molar-refractivity contribution is -0.907. The van der Waals surface area contributed by atoms with Gasteiger partial charge in [-0.25, -0.2) is 0 Å². The molecule has 2 aliphatic heterocycles. The molecule has 1 aromatic carbocycles. The molecule has 1 atom stereocenters.